The number of aryl methyl sites for hydroxylation is 1. The third-order valence-corrected chi connectivity index (χ3v) is 6.99. The Morgan fingerprint density at radius 3 is 2.77 bits per heavy atom. The fourth-order valence-corrected chi connectivity index (χ4v) is 5.06. The van der Waals surface area contributed by atoms with Crippen LogP contribution in [0.2, 0.25) is 0 Å². The predicted molar refractivity (Wildman–Crippen MR) is 122 cm³/mol. The number of hydrogen-bond acceptors (Lipinski definition) is 6. The Morgan fingerprint density at radius 2 is 2.00 bits per heavy atom. The third kappa shape index (κ3) is 5.29. The molecule has 160 valence electrons. The summed E-state index contributed by atoms with van der Waals surface area (Å²) >= 11 is 2.75. The van der Waals surface area contributed by atoms with Gasteiger partial charge in [-0.3, -0.25) is 14.9 Å². The van der Waals surface area contributed by atoms with E-state index in [9.17, 15) is 14.0 Å². The molecule has 0 bridgehead atoms. The number of carbonyl (C=O) groups excluding carboxylic acids is 2. The van der Waals surface area contributed by atoms with Crippen molar-refractivity contribution in [3.8, 4) is 0 Å². The molecule has 0 saturated carbocycles. The lowest BCUT2D eigenvalue weighted by molar-refractivity contribution is -0.117. The SMILES string of the molecule is Cc1ccccc1N1CC(c2nnc(NC(=O)CSCc3ccc(F)cc3)s2)CC1=O. The van der Waals surface area contributed by atoms with Crippen LogP contribution < -0.4 is 10.2 Å². The molecule has 1 N–H and O–H groups in total. The summed E-state index contributed by atoms with van der Waals surface area (Å²) in [6, 6.07) is 14.1. The number of nitrogens with one attached hydrogen (secondary N) is 1. The van der Waals surface area contributed by atoms with Gasteiger partial charge in [0.25, 0.3) is 0 Å². The average molecular weight is 457 g/mol. The highest BCUT2D eigenvalue weighted by Crippen LogP contribution is 2.35. The van der Waals surface area contributed by atoms with E-state index in [-0.39, 0.29) is 29.3 Å². The maximum Gasteiger partial charge on any atom is 0.236 e. The van der Waals surface area contributed by atoms with Crippen molar-refractivity contribution in [1.82, 2.24) is 10.2 Å². The van der Waals surface area contributed by atoms with Gasteiger partial charge in [0.2, 0.25) is 16.9 Å². The lowest BCUT2D eigenvalue weighted by Gasteiger charge is -2.18. The van der Waals surface area contributed by atoms with Crippen LogP contribution in [0.25, 0.3) is 0 Å². The number of rotatable bonds is 7. The second-order valence-electron chi connectivity index (χ2n) is 7.30. The predicted octanol–water partition coefficient (Wildman–Crippen LogP) is 4.38. The summed E-state index contributed by atoms with van der Waals surface area (Å²) in [5.41, 5.74) is 2.94. The van der Waals surface area contributed by atoms with Crippen molar-refractivity contribution in [1.29, 1.82) is 0 Å². The molecule has 0 aliphatic carbocycles. The number of halogens is 1. The molecule has 1 fully saturated rings. The van der Waals surface area contributed by atoms with Crippen molar-refractivity contribution in [2.45, 2.75) is 25.0 Å². The Morgan fingerprint density at radius 1 is 1.23 bits per heavy atom. The number of para-hydroxylation sites is 1. The maximum absolute atomic E-state index is 12.9. The van der Waals surface area contributed by atoms with Gasteiger partial charge in [-0.15, -0.1) is 22.0 Å². The Balaban J connectivity index is 1.30. The van der Waals surface area contributed by atoms with E-state index in [4.69, 9.17) is 0 Å². The molecule has 1 aliphatic rings. The molecule has 31 heavy (non-hydrogen) atoms. The molecule has 1 unspecified atom stereocenters. The van der Waals surface area contributed by atoms with Crippen LogP contribution in [0.3, 0.4) is 0 Å². The number of amides is 2. The fraction of sp³-hybridized carbons (Fsp3) is 0.273. The standard InChI is InChI=1S/C22H21FN4O2S2/c1-14-4-2-3-5-18(14)27-11-16(10-20(27)29)21-25-26-22(31-21)24-19(28)13-30-12-15-6-8-17(23)9-7-15/h2-9,16H,10-13H2,1H3,(H,24,26,28). The molecule has 1 aliphatic heterocycles. The zero-order valence-electron chi connectivity index (χ0n) is 16.9. The summed E-state index contributed by atoms with van der Waals surface area (Å²) in [4.78, 5) is 26.5. The molecule has 3 aromatic rings. The van der Waals surface area contributed by atoms with Gasteiger partial charge in [-0.2, -0.15) is 0 Å². The van der Waals surface area contributed by atoms with Crippen LogP contribution in [-0.4, -0.2) is 34.3 Å². The highest BCUT2D eigenvalue weighted by molar-refractivity contribution is 7.99. The first-order chi connectivity index (χ1) is 15.0. The van der Waals surface area contributed by atoms with E-state index < -0.39 is 0 Å². The van der Waals surface area contributed by atoms with Crippen LogP contribution in [0.4, 0.5) is 15.2 Å². The summed E-state index contributed by atoms with van der Waals surface area (Å²) in [5.74, 6) is 0.465. The Bertz CT molecular complexity index is 1090. The van der Waals surface area contributed by atoms with Crippen LogP contribution in [0.5, 0.6) is 0 Å². The van der Waals surface area contributed by atoms with Crippen LogP contribution in [0, 0.1) is 12.7 Å². The summed E-state index contributed by atoms with van der Waals surface area (Å²) < 4.78 is 12.9. The van der Waals surface area contributed by atoms with Crippen molar-refractivity contribution >= 4 is 45.7 Å². The van der Waals surface area contributed by atoms with E-state index in [1.54, 1.807) is 17.0 Å². The molecule has 6 nitrogen and oxygen atoms in total. The van der Waals surface area contributed by atoms with E-state index in [1.165, 1.54) is 35.2 Å². The zero-order chi connectivity index (χ0) is 21.8. The summed E-state index contributed by atoms with van der Waals surface area (Å²) in [6.45, 7) is 2.54. The van der Waals surface area contributed by atoms with Gasteiger partial charge in [0, 0.05) is 30.3 Å². The van der Waals surface area contributed by atoms with Crippen LogP contribution in [0.15, 0.2) is 48.5 Å². The minimum absolute atomic E-state index is 0.0388. The minimum atomic E-state index is -0.274. The Kier molecular flexibility index (Phi) is 6.62. The Hall–Kier alpha value is -2.78. The van der Waals surface area contributed by atoms with Crippen LogP contribution in [-0.2, 0) is 15.3 Å². The molecule has 0 spiro atoms. The summed E-state index contributed by atoms with van der Waals surface area (Å²) in [6.07, 6.45) is 0.379. The van der Waals surface area contributed by atoms with E-state index >= 15 is 0 Å². The number of anilines is 2. The number of thioether (sulfide) groups is 1. The third-order valence-electron chi connectivity index (χ3n) is 4.98. The first kappa shape index (κ1) is 21.5. The number of benzene rings is 2. The van der Waals surface area contributed by atoms with E-state index in [0.29, 0.717) is 23.8 Å². The minimum Gasteiger partial charge on any atom is -0.311 e. The smallest absolute Gasteiger partial charge is 0.236 e. The average Bonchev–Trinajstić information content (AvgIpc) is 3.36. The molecule has 1 aromatic heterocycles. The van der Waals surface area contributed by atoms with E-state index in [2.05, 4.69) is 15.5 Å². The largest absolute Gasteiger partial charge is 0.311 e. The van der Waals surface area contributed by atoms with Crippen molar-refractivity contribution in [3.63, 3.8) is 0 Å². The topological polar surface area (TPSA) is 75.2 Å². The van der Waals surface area contributed by atoms with Crippen molar-refractivity contribution in [3.05, 3.63) is 70.5 Å². The first-order valence-corrected chi connectivity index (χ1v) is 11.8. The van der Waals surface area contributed by atoms with Gasteiger partial charge in [0.05, 0.1) is 5.75 Å². The number of hydrogen-bond donors (Lipinski definition) is 1. The van der Waals surface area contributed by atoms with Gasteiger partial charge in [-0.1, -0.05) is 41.7 Å². The highest BCUT2D eigenvalue weighted by atomic mass is 32.2. The van der Waals surface area contributed by atoms with E-state index in [0.717, 1.165) is 21.8 Å². The first-order valence-electron chi connectivity index (χ1n) is 9.81. The van der Waals surface area contributed by atoms with Gasteiger partial charge in [0.15, 0.2) is 0 Å². The second-order valence-corrected chi connectivity index (χ2v) is 9.30. The van der Waals surface area contributed by atoms with Gasteiger partial charge in [-0.05, 0) is 36.2 Å². The molecule has 4 rings (SSSR count). The van der Waals surface area contributed by atoms with Crippen molar-refractivity contribution in [2.75, 3.05) is 22.5 Å². The monoisotopic (exact) mass is 456 g/mol. The number of carbonyl (C=O) groups is 2. The Labute approximate surface area is 187 Å². The molecule has 9 heteroatoms. The molecule has 2 aromatic carbocycles. The quantitative estimate of drug-likeness (QED) is 0.571. The molecule has 2 heterocycles. The van der Waals surface area contributed by atoms with E-state index in [1.807, 2.05) is 31.2 Å². The molecule has 2 amide bonds. The lowest BCUT2D eigenvalue weighted by atomic mass is 10.1. The molecular weight excluding hydrogens is 435 g/mol. The zero-order valence-corrected chi connectivity index (χ0v) is 18.5. The normalized spacial score (nSPS) is 16.0. The van der Waals surface area contributed by atoms with Gasteiger partial charge in [-0.25, -0.2) is 4.39 Å². The number of nitrogens with zero attached hydrogens (tertiary/aromatic N) is 3. The number of aromatic nitrogens is 2. The second kappa shape index (κ2) is 9.57. The van der Waals surface area contributed by atoms with Gasteiger partial charge in [0.1, 0.15) is 10.8 Å². The maximum atomic E-state index is 12.9. The van der Waals surface area contributed by atoms with Crippen LogP contribution in [0.1, 0.15) is 28.5 Å². The van der Waals surface area contributed by atoms with Gasteiger partial charge >= 0.3 is 0 Å². The molecular formula is C22H21FN4O2S2. The molecule has 1 atom stereocenters. The van der Waals surface area contributed by atoms with Crippen molar-refractivity contribution in [2.24, 2.45) is 0 Å². The molecule has 0 radical (unpaired) electrons. The van der Waals surface area contributed by atoms with Crippen molar-refractivity contribution < 1.29 is 14.0 Å². The van der Waals surface area contributed by atoms with Crippen LogP contribution >= 0.6 is 23.1 Å². The summed E-state index contributed by atoms with van der Waals surface area (Å²) in [5, 5.41) is 12.2. The fourth-order valence-electron chi connectivity index (χ4n) is 3.42. The van der Waals surface area contributed by atoms with Gasteiger partial charge < -0.3 is 4.90 Å². The summed E-state index contributed by atoms with van der Waals surface area (Å²) in [7, 11) is 0. The molecule has 1 saturated heterocycles. The lowest BCUT2D eigenvalue weighted by Crippen LogP contribution is -2.25. The highest BCUT2D eigenvalue weighted by Gasteiger charge is 2.34.